The van der Waals surface area contributed by atoms with Crippen LogP contribution >= 0.6 is 24.0 Å². The molecule has 0 bridgehead atoms. The van der Waals surface area contributed by atoms with Gasteiger partial charge in [0, 0.05) is 12.8 Å². The molecule has 21 heavy (non-hydrogen) atoms. The van der Waals surface area contributed by atoms with Gasteiger partial charge in [-0.2, -0.15) is 11.8 Å². The van der Waals surface area contributed by atoms with Crippen molar-refractivity contribution in [2.45, 2.75) is 25.9 Å². The van der Waals surface area contributed by atoms with Gasteiger partial charge in [-0.25, -0.2) is 4.79 Å². The molecule has 1 atom stereocenters. The predicted molar refractivity (Wildman–Crippen MR) is 85.2 cm³/mol. The molecule has 0 aliphatic carbocycles. The first-order valence-electron chi connectivity index (χ1n) is 6.23. The van der Waals surface area contributed by atoms with Gasteiger partial charge in [0.05, 0.1) is 0 Å². The number of rotatable bonds is 7. The number of hydrogen-bond donors (Lipinski definition) is 3. The minimum atomic E-state index is -1.07. The van der Waals surface area contributed by atoms with Gasteiger partial charge in [-0.15, -0.1) is 0 Å². The number of carboxylic acids is 1. The number of nitrogens with one attached hydrogen (secondary N) is 1. The van der Waals surface area contributed by atoms with E-state index in [9.17, 15) is 14.7 Å². The molecule has 3 N–H and O–H groups in total. The number of H-pyrrole nitrogens is 1. The van der Waals surface area contributed by atoms with Gasteiger partial charge < -0.3 is 10.2 Å². The van der Waals surface area contributed by atoms with E-state index in [1.54, 1.807) is 6.92 Å². The molecule has 0 fully saturated rings. The van der Waals surface area contributed by atoms with Crippen LogP contribution in [0, 0.1) is 4.77 Å². The smallest absolute Gasteiger partial charge is 0.328 e. The van der Waals surface area contributed by atoms with Crippen LogP contribution in [0.3, 0.4) is 0 Å². The summed E-state index contributed by atoms with van der Waals surface area (Å²) in [6.07, 6.45) is 3.30. The van der Waals surface area contributed by atoms with Gasteiger partial charge in [0.1, 0.15) is 11.6 Å². The van der Waals surface area contributed by atoms with E-state index in [1.165, 1.54) is 16.3 Å². The summed E-state index contributed by atoms with van der Waals surface area (Å²) in [5.41, 5.74) is -0.694. The predicted octanol–water partition coefficient (Wildman–Crippen LogP) is 1.26. The Bertz CT molecular complexity index is 651. The molecular formula is C12H17N3O4S2. The van der Waals surface area contributed by atoms with Crippen LogP contribution in [0.5, 0.6) is 5.88 Å². The number of aliphatic carboxylic acids is 1. The Labute approximate surface area is 130 Å². The lowest BCUT2D eigenvalue weighted by atomic mass is 10.2. The number of carbonyl (C=O) groups is 1. The van der Waals surface area contributed by atoms with E-state index in [2.05, 4.69) is 9.98 Å². The maximum Gasteiger partial charge on any atom is 0.328 e. The third kappa shape index (κ3) is 4.43. The van der Waals surface area contributed by atoms with E-state index >= 15 is 0 Å². The third-order valence-corrected chi connectivity index (χ3v) is 3.75. The van der Waals surface area contributed by atoms with Crippen molar-refractivity contribution in [3.05, 3.63) is 20.7 Å². The van der Waals surface area contributed by atoms with Crippen molar-refractivity contribution in [2.24, 2.45) is 4.99 Å². The number of aromatic amines is 1. The van der Waals surface area contributed by atoms with E-state index in [1.807, 2.05) is 6.26 Å². The lowest BCUT2D eigenvalue weighted by Gasteiger charge is -2.09. The van der Waals surface area contributed by atoms with E-state index in [0.717, 1.165) is 6.21 Å². The summed E-state index contributed by atoms with van der Waals surface area (Å²) in [5, 5.41) is 19.1. The fraction of sp³-hybridized carbons (Fsp3) is 0.500. The van der Waals surface area contributed by atoms with Crippen molar-refractivity contribution in [3.63, 3.8) is 0 Å². The number of carboxylic acid groups (broad SMARTS) is 1. The Morgan fingerprint density at radius 1 is 1.62 bits per heavy atom. The molecule has 9 heteroatoms. The van der Waals surface area contributed by atoms with Crippen molar-refractivity contribution in [3.8, 4) is 5.88 Å². The van der Waals surface area contributed by atoms with Crippen LogP contribution in [0.25, 0.3) is 0 Å². The van der Waals surface area contributed by atoms with Crippen LogP contribution in [-0.4, -0.2) is 50.0 Å². The average molecular weight is 331 g/mol. The Hall–Kier alpha value is -1.61. The minimum absolute atomic E-state index is 0.0964. The minimum Gasteiger partial charge on any atom is -0.494 e. The third-order valence-electron chi connectivity index (χ3n) is 2.79. The molecular weight excluding hydrogens is 314 g/mol. The second-order valence-electron chi connectivity index (χ2n) is 4.15. The molecule has 1 aromatic heterocycles. The molecule has 116 valence electrons. The monoisotopic (exact) mass is 331 g/mol. The van der Waals surface area contributed by atoms with Crippen LogP contribution in [-0.2, 0) is 11.3 Å². The number of aromatic hydroxyl groups is 1. The van der Waals surface area contributed by atoms with Gasteiger partial charge in [-0.1, -0.05) is 0 Å². The second kappa shape index (κ2) is 7.99. The summed E-state index contributed by atoms with van der Waals surface area (Å²) in [7, 11) is 0. The Morgan fingerprint density at radius 2 is 2.29 bits per heavy atom. The van der Waals surface area contributed by atoms with Gasteiger partial charge in [-0.3, -0.25) is 19.3 Å². The lowest BCUT2D eigenvalue weighted by molar-refractivity contribution is -0.138. The fourth-order valence-electron chi connectivity index (χ4n) is 1.64. The zero-order valence-electron chi connectivity index (χ0n) is 11.7. The molecule has 1 heterocycles. The Kier molecular flexibility index (Phi) is 6.63. The van der Waals surface area contributed by atoms with Crippen LogP contribution in [0.2, 0.25) is 0 Å². The SMILES string of the molecule is CCn1c(O)c(C=N[C@H](CCSC)C(=O)O)c(=O)[nH]c1=S. The highest BCUT2D eigenvalue weighted by Crippen LogP contribution is 2.12. The van der Waals surface area contributed by atoms with Crippen molar-refractivity contribution < 1.29 is 15.0 Å². The average Bonchev–Trinajstić information content (AvgIpc) is 2.41. The first-order valence-corrected chi connectivity index (χ1v) is 8.03. The van der Waals surface area contributed by atoms with Crippen LogP contribution < -0.4 is 5.56 Å². The molecule has 0 aliphatic heterocycles. The van der Waals surface area contributed by atoms with Crippen LogP contribution in [0.15, 0.2) is 9.79 Å². The quantitative estimate of drug-likeness (QED) is 0.513. The molecule has 7 nitrogen and oxygen atoms in total. The normalized spacial score (nSPS) is 12.7. The maximum absolute atomic E-state index is 11.8. The molecule has 0 amide bonds. The number of aromatic nitrogens is 2. The van der Waals surface area contributed by atoms with Gasteiger partial charge >= 0.3 is 5.97 Å². The molecule has 1 aromatic rings. The summed E-state index contributed by atoms with van der Waals surface area (Å²) in [4.78, 5) is 29.2. The molecule has 0 saturated heterocycles. The fourth-order valence-corrected chi connectivity index (χ4v) is 2.41. The first kappa shape index (κ1) is 17.4. The van der Waals surface area contributed by atoms with E-state index in [0.29, 0.717) is 18.7 Å². The summed E-state index contributed by atoms with van der Waals surface area (Å²) >= 11 is 6.44. The summed E-state index contributed by atoms with van der Waals surface area (Å²) in [6.45, 7) is 2.13. The zero-order chi connectivity index (χ0) is 16.0. The van der Waals surface area contributed by atoms with Crippen molar-refractivity contribution in [1.82, 2.24) is 9.55 Å². The zero-order valence-corrected chi connectivity index (χ0v) is 13.3. The first-order chi connectivity index (χ1) is 9.92. The summed E-state index contributed by atoms with van der Waals surface area (Å²) in [5.74, 6) is -0.750. The number of thioether (sulfide) groups is 1. The molecule has 0 radical (unpaired) electrons. The number of aliphatic imine (C=N–C) groups is 1. The molecule has 0 saturated carbocycles. The summed E-state index contributed by atoms with van der Waals surface area (Å²) < 4.78 is 1.43. The molecule has 1 rings (SSSR count). The summed E-state index contributed by atoms with van der Waals surface area (Å²) in [6, 6.07) is -0.950. The second-order valence-corrected chi connectivity index (χ2v) is 5.53. The van der Waals surface area contributed by atoms with E-state index < -0.39 is 17.6 Å². The van der Waals surface area contributed by atoms with Crippen molar-refractivity contribution in [2.75, 3.05) is 12.0 Å². The molecule has 0 aliphatic rings. The Morgan fingerprint density at radius 3 is 2.81 bits per heavy atom. The highest BCUT2D eigenvalue weighted by Gasteiger charge is 2.16. The van der Waals surface area contributed by atoms with E-state index in [4.69, 9.17) is 17.3 Å². The number of hydrogen-bond acceptors (Lipinski definition) is 6. The van der Waals surface area contributed by atoms with Crippen molar-refractivity contribution >= 4 is 36.2 Å². The molecule has 0 unspecified atom stereocenters. The highest BCUT2D eigenvalue weighted by molar-refractivity contribution is 7.98. The van der Waals surface area contributed by atoms with E-state index in [-0.39, 0.29) is 16.2 Å². The number of nitrogens with zero attached hydrogens (tertiary/aromatic N) is 2. The van der Waals surface area contributed by atoms with Crippen LogP contribution in [0.4, 0.5) is 0 Å². The maximum atomic E-state index is 11.8. The Balaban J connectivity index is 3.17. The van der Waals surface area contributed by atoms with Gasteiger partial charge in [-0.05, 0) is 37.6 Å². The largest absolute Gasteiger partial charge is 0.494 e. The topological polar surface area (TPSA) is 108 Å². The van der Waals surface area contributed by atoms with Crippen LogP contribution in [0.1, 0.15) is 18.9 Å². The molecule has 0 spiro atoms. The van der Waals surface area contributed by atoms with Gasteiger partial charge in [0.2, 0.25) is 5.88 Å². The van der Waals surface area contributed by atoms with Gasteiger partial charge in [0.15, 0.2) is 4.77 Å². The lowest BCUT2D eigenvalue weighted by Crippen LogP contribution is -2.22. The van der Waals surface area contributed by atoms with Crippen molar-refractivity contribution in [1.29, 1.82) is 0 Å². The standard InChI is InChI=1S/C12H17N3O4S2/c1-3-15-10(17)7(9(16)14-12(15)20)6-13-8(11(18)19)4-5-21-2/h6,8,17H,3-5H2,1-2H3,(H,18,19)(H,14,16,20)/t8-/m1/s1. The highest BCUT2D eigenvalue weighted by atomic mass is 32.2. The molecule has 0 aromatic carbocycles. The van der Waals surface area contributed by atoms with Gasteiger partial charge in [0.25, 0.3) is 5.56 Å².